The summed E-state index contributed by atoms with van der Waals surface area (Å²) in [5, 5.41) is 3.11. The van der Waals surface area contributed by atoms with Crippen LogP contribution in [0.25, 0.3) is 0 Å². The predicted molar refractivity (Wildman–Crippen MR) is 86.8 cm³/mol. The summed E-state index contributed by atoms with van der Waals surface area (Å²) < 4.78 is 0. The number of aromatic nitrogens is 1. The number of anilines is 2. The summed E-state index contributed by atoms with van der Waals surface area (Å²) >= 11 is 0. The van der Waals surface area contributed by atoms with Gasteiger partial charge in [0.1, 0.15) is 0 Å². The second-order valence-corrected chi connectivity index (χ2v) is 6.40. The van der Waals surface area contributed by atoms with Gasteiger partial charge in [0, 0.05) is 29.2 Å². The lowest BCUT2D eigenvalue weighted by Gasteiger charge is -2.36. The minimum atomic E-state index is -0.330. The first-order valence-corrected chi connectivity index (χ1v) is 7.78. The third-order valence-corrected chi connectivity index (χ3v) is 5.18. The molecule has 1 fully saturated rings. The van der Waals surface area contributed by atoms with Crippen LogP contribution in [-0.2, 0) is 10.2 Å². The van der Waals surface area contributed by atoms with E-state index >= 15 is 0 Å². The van der Waals surface area contributed by atoms with Crippen LogP contribution >= 0.6 is 0 Å². The molecule has 0 saturated heterocycles. The Morgan fingerprint density at radius 2 is 2.14 bits per heavy atom. The van der Waals surface area contributed by atoms with Crippen LogP contribution in [0.2, 0.25) is 0 Å². The van der Waals surface area contributed by atoms with E-state index in [4.69, 9.17) is 5.73 Å². The van der Waals surface area contributed by atoms with Gasteiger partial charge in [0.2, 0.25) is 5.91 Å². The lowest BCUT2D eigenvalue weighted by atomic mass is 9.65. The van der Waals surface area contributed by atoms with Crippen molar-refractivity contribution in [3.05, 3.63) is 53.3 Å². The third-order valence-electron chi connectivity index (χ3n) is 5.18. The minimum absolute atomic E-state index is 0.0916. The smallest absolute Gasteiger partial charge is 0.235 e. The van der Waals surface area contributed by atoms with Gasteiger partial charge in [-0.1, -0.05) is 19.4 Å². The van der Waals surface area contributed by atoms with Gasteiger partial charge in [-0.3, -0.25) is 9.78 Å². The number of amides is 1. The molecule has 1 aromatic heterocycles. The second-order valence-electron chi connectivity index (χ2n) is 6.40. The van der Waals surface area contributed by atoms with Gasteiger partial charge < -0.3 is 11.1 Å². The number of hydrogen-bond acceptors (Lipinski definition) is 3. The normalized spacial score (nSPS) is 19.4. The standard InChI is InChI=1S/C18H19N3O/c1-11(15-5-2-3-8-20-15)13-9-12(19)10-14-16(13)21-17(22)18(14)6-4-7-18/h2-3,5,8-11H,4,6-7,19H2,1H3,(H,21,22). The number of nitrogen functional groups attached to an aromatic ring is 1. The number of nitrogens with zero attached hydrogens (tertiary/aromatic N) is 1. The highest BCUT2D eigenvalue weighted by atomic mass is 16.2. The molecule has 1 spiro atoms. The fourth-order valence-corrected chi connectivity index (χ4v) is 3.72. The number of nitrogens with two attached hydrogens (primary N) is 1. The van der Waals surface area contributed by atoms with Crippen molar-refractivity contribution in [2.24, 2.45) is 0 Å². The van der Waals surface area contributed by atoms with Gasteiger partial charge in [-0.2, -0.15) is 0 Å². The monoisotopic (exact) mass is 293 g/mol. The van der Waals surface area contributed by atoms with Crippen molar-refractivity contribution >= 4 is 17.3 Å². The highest BCUT2D eigenvalue weighted by molar-refractivity contribution is 6.08. The Morgan fingerprint density at radius 1 is 1.32 bits per heavy atom. The van der Waals surface area contributed by atoms with E-state index in [0.29, 0.717) is 0 Å². The summed E-state index contributed by atoms with van der Waals surface area (Å²) in [6.45, 7) is 2.11. The van der Waals surface area contributed by atoms with Crippen LogP contribution in [0, 0.1) is 0 Å². The van der Waals surface area contributed by atoms with Crippen LogP contribution in [0.1, 0.15) is 48.9 Å². The molecule has 1 unspecified atom stereocenters. The number of nitrogens with one attached hydrogen (secondary N) is 1. The average molecular weight is 293 g/mol. The minimum Gasteiger partial charge on any atom is -0.399 e. The number of fused-ring (bicyclic) bond motifs is 2. The number of carbonyl (C=O) groups is 1. The van der Waals surface area contributed by atoms with Gasteiger partial charge in [-0.15, -0.1) is 0 Å². The van der Waals surface area contributed by atoms with Crippen LogP contribution in [0.4, 0.5) is 11.4 Å². The van der Waals surface area contributed by atoms with Crippen molar-refractivity contribution in [2.75, 3.05) is 11.1 Å². The van der Waals surface area contributed by atoms with Gasteiger partial charge in [0.25, 0.3) is 0 Å². The summed E-state index contributed by atoms with van der Waals surface area (Å²) in [5.41, 5.74) is 10.6. The fourth-order valence-electron chi connectivity index (χ4n) is 3.72. The Bertz CT molecular complexity index is 750. The molecule has 1 amide bonds. The fraction of sp³-hybridized carbons (Fsp3) is 0.333. The van der Waals surface area contributed by atoms with Gasteiger partial charge in [0.15, 0.2) is 0 Å². The average Bonchev–Trinajstić information content (AvgIpc) is 2.78. The Balaban J connectivity index is 1.86. The van der Waals surface area contributed by atoms with Crippen LogP contribution < -0.4 is 11.1 Å². The van der Waals surface area contributed by atoms with E-state index in [-0.39, 0.29) is 17.2 Å². The SMILES string of the molecule is CC(c1ccccn1)c1cc(N)cc2c1NC(=O)C21CCC1. The van der Waals surface area contributed by atoms with E-state index in [2.05, 4.69) is 17.2 Å². The van der Waals surface area contributed by atoms with Gasteiger partial charge >= 0.3 is 0 Å². The first-order valence-electron chi connectivity index (χ1n) is 7.78. The number of benzene rings is 1. The Hall–Kier alpha value is -2.36. The zero-order valence-corrected chi connectivity index (χ0v) is 12.6. The van der Waals surface area contributed by atoms with Gasteiger partial charge in [-0.25, -0.2) is 0 Å². The molecule has 2 aliphatic rings. The Labute approximate surface area is 129 Å². The highest BCUT2D eigenvalue weighted by Gasteiger charge is 2.51. The molecule has 2 aromatic rings. The topological polar surface area (TPSA) is 68.0 Å². The van der Waals surface area contributed by atoms with Crippen molar-refractivity contribution in [3.8, 4) is 0 Å². The molecule has 2 heterocycles. The molecule has 1 saturated carbocycles. The molecule has 4 rings (SSSR count). The quantitative estimate of drug-likeness (QED) is 0.836. The lowest BCUT2D eigenvalue weighted by Crippen LogP contribution is -2.40. The molecular formula is C18H19N3O. The van der Waals surface area contributed by atoms with E-state index in [0.717, 1.165) is 47.5 Å². The molecule has 1 aliphatic heterocycles. The first kappa shape index (κ1) is 13.3. The molecule has 1 aromatic carbocycles. The number of hydrogen-bond donors (Lipinski definition) is 2. The van der Waals surface area contributed by atoms with E-state index in [1.54, 1.807) is 6.20 Å². The van der Waals surface area contributed by atoms with Crippen molar-refractivity contribution < 1.29 is 4.79 Å². The summed E-state index contributed by atoms with van der Waals surface area (Å²) in [7, 11) is 0. The van der Waals surface area contributed by atoms with Gasteiger partial charge in [0.05, 0.1) is 5.41 Å². The number of carbonyl (C=O) groups excluding carboxylic acids is 1. The van der Waals surface area contributed by atoms with Crippen LogP contribution in [0.3, 0.4) is 0 Å². The second kappa shape index (κ2) is 4.57. The molecule has 0 radical (unpaired) electrons. The number of pyridine rings is 1. The summed E-state index contributed by atoms with van der Waals surface area (Å²) in [4.78, 5) is 16.9. The van der Waals surface area contributed by atoms with Crippen molar-refractivity contribution in [2.45, 2.75) is 37.5 Å². The van der Waals surface area contributed by atoms with Crippen LogP contribution in [0.5, 0.6) is 0 Å². The third kappa shape index (κ3) is 1.70. The summed E-state index contributed by atoms with van der Waals surface area (Å²) in [6, 6.07) is 9.84. The maximum absolute atomic E-state index is 12.5. The molecule has 3 N–H and O–H groups in total. The van der Waals surface area contributed by atoms with E-state index in [1.165, 1.54) is 0 Å². The molecule has 4 nitrogen and oxygen atoms in total. The lowest BCUT2D eigenvalue weighted by molar-refractivity contribution is -0.123. The van der Waals surface area contributed by atoms with E-state index in [9.17, 15) is 4.79 Å². The van der Waals surface area contributed by atoms with Crippen molar-refractivity contribution in [1.29, 1.82) is 0 Å². The zero-order valence-electron chi connectivity index (χ0n) is 12.6. The summed E-state index contributed by atoms with van der Waals surface area (Å²) in [5.74, 6) is 0.225. The largest absolute Gasteiger partial charge is 0.399 e. The van der Waals surface area contributed by atoms with Crippen LogP contribution in [-0.4, -0.2) is 10.9 Å². The van der Waals surface area contributed by atoms with E-state index in [1.807, 2.05) is 30.3 Å². The first-order chi connectivity index (χ1) is 10.6. The number of rotatable bonds is 2. The van der Waals surface area contributed by atoms with E-state index < -0.39 is 0 Å². The van der Waals surface area contributed by atoms with Gasteiger partial charge in [-0.05, 0) is 48.2 Å². The van der Waals surface area contributed by atoms with Crippen molar-refractivity contribution in [3.63, 3.8) is 0 Å². The summed E-state index contributed by atoms with van der Waals surface area (Å²) in [6.07, 6.45) is 4.75. The Kier molecular flexibility index (Phi) is 2.76. The maximum atomic E-state index is 12.5. The van der Waals surface area contributed by atoms with Crippen LogP contribution in [0.15, 0.2) is 36.5 Å². The highest BCUT2D eigenvalue weighted by Crippen LogP contribution is 2.53. The molecule has 0 bridgehead atoms. The molecule has 1 atom stereocenters. The molecule has 22 heavy (non-hydrogen) atoms. The molecule has 1 aliphatic carbocycles. The maximum Gasteiger partial charge on any atom is 0.235 e. The molecule has 112 valence electrons. The predicted octanol–water partition coefficient (Wildman–Crippen LogP) is 3.19. The van der Waals surface area contributed by atoms with Crippen molar-refractivity contribution in [1.82, 2.24) is 4.98 Å². The molecule has 4 heteroatoms. The molecular weight excluding hydrogens is 274 g/mol. The zero-order chi connectivity index (χ0) is 15.3. The Morgan fingerprint density at radius 3 is 2.77 bits per heavy atom.